The van der Waals surface area contributed by atoms with Gasteiger partial charge in [-0.15, -0.1) is 6.58 Å². The first-order valence-electron chi connectivity index (χ1n) is 8.19. The van der Waals surface area contributed by atoms with Gasteiger partial charge < -0.3 is 5.32 Å². The minimum absolute atomic E-state index is 0.132. The van der Waals surface area contributed by atoms with Crippen LogP contribution in [-0.2, 0) is 12.8 Å². The lowest BCUT2D eigenvalue weighted by Crippen LogP contribution is -2.07. The van der Waals surface area contributed by atoms with Crippen molar-refractivity contribution >= 4 is 11.4 Å². The molecule has 0 aliphatic heterocycles. The quantitative estimate of drug-likeness (QED) is 0.322. The monoisotopic (exact) mass is 324 g/mol. The summed E-state index contributed by atoms with van der Waals surface area (Å²) in [6, 6.07) is 12.0. The molecule has 126 valence electrons. The van der Waals surface area contributed by atoms with Crippen LogP contribution in [0.4, 0.5) is 11.4 Å². The Balaban J connectivity index is 2.02. The van der Waals surface area contributed by atoms with Gasteiger partial charge >= 0.3 is 0 Å². The molecular formula is C20H24N2O2. The van der Waals surface area contributed by atoms with E-state index in [4.69, 9.17) is 0 Å². The third-order valence-electron chi connectivity index (χ3n) is 4.06. The van der Waals surface area contributed by atoms with Crippen LogP contribution in [-0.4, -0.2) is 11.5 Å². The zero-order chi connectivity index (χ0) is 17.5. The Morgan fingerprint density at radius 1 is 1.25 bits per heavy atom. The predicted molar refractivity (Wildman–Crippen MR) is 99.7 cm³/mol. The van der Waals surface area contributed by atoms with E-state index in [-0.39, 0.29) is 10.6 Å². The minimum atomic E-state index is -0.324. The van der Waals surface area contributed by atoms with Crippen LogP contribution in [0.2, 0.25) is 0 Å². The van der Waals surface area contributed by atoms with Crippen LogP contribution >= 0.6 is 0 Å². The van der Waals surface area contributed by atoms with Gasteiger partial charge in [0.2, 0.25) is 0 Å². The largest absolute Gasteiger partial charge is 0.379 e. The Bertz CT molecular complexity index is 738. The molecule has 24 heavy (non-hydrogen) atoms. The molecule has 0 atom stereocenters. The van der Waals surface area contributed by atoms with Gasteiger partial charge in [-0.3, -0.25) is 10.1 Å². The Hall–Kier alpha value is -2.62. The van der Waals surface area contributed by atoms with Crippen molar-refractivity contribution in [2.24, 2.45) is 0 Å². The van der Waals surface area contributed by atoms with Crippen LogP contribution < -0.4 is 5.32 Å². The van der Waals surface area contributed by atoms with Crippen molar-refractivity contribution in [3.63, 3.8) is 0 Å². The van der Waals surface area contributed by atoms with Gasteiger partial charge in [0.1, 0.15) is 5.69 Å². The van der Waals surface area contributed by atoms with Crippen molar-refractivity contribution in [2.75, 3.05) is 11.9 Å². The van der Waals surface area contributed by atoms with Crippen molar-refractivity contribution in [3.05, 3.63) is 81.4 Å². The highest BCUT2D eigenvalue weighted by molar-refractivity contribution is 5.64. The summed E-state index contributed by atoms with van der Waals surface area (Å²) in [5, 5.41) is 14.5. The van der Waals surface area contributed by atoms with E-state index in [0.29, 0.717) is 18.7 Å². The van der Waals surface area contributed by atoms with Crippen molar-refractivity contribution in [1.82, 2.24) is 0 Å². The third-order valence-corrected chi connectivity index (χ3v) is 4.06. The number of allylic oxidation sites excluding steroid dienone is 1. The summed E-state index contributed by atoms with van der Waals surface area (Å²) < 4.78 is 0. The molecule has 1 N–H and O–H groups in total. The van der Waals surface area contributed by atoms with E-state index in [1.165, 1.54) is 11.1 Å². The van der Waals surface area contributed by atoms with Gasteiger partial charge in [0.15, 0.2) is 0 Å². The molecule has 2 aromatic rings. The van der Waals surface area contributed by atoms with Crippen molar-refractivity contribution < 1.29 is 4.92 Å². The maximum absolute atomic E-state index is 11.3. The SMILES string of the molecule is C=CCc1cc([N+](=O)[O-])c(NCCCc2cccc(C)c2)cc1C. The summed E-state index contributed by atoms with van der Waals surface area (Å²) in [4.78, 5) is 11.0. The summed E-state index contributed by atoms with van der Waals surface area (Å²) in [5.74, 6) is 0. The highest BCUT2D eigenvalue weighted by atomic mass is 16.6. The second kappa shape index (κ2) is 8.29. The molecule has 0 amide bonds. The van der Waals surface area contributed by atoms with Crippen LogP contribution in [0.5, 0.6) is 0 Å². The molecule has 0 heterocycles. The number of nitro benzene ring substituents is 1. The number of anilines is 1. The van der Waals surface area contributed by atoms with Gasteiger partial charge in [-0.2, -0.15) is 0 Å². The lowest BCUT2D eigenvalue weighted by molar-refractivity contribution is -0.384. The number of rotatable bonds is 8. The molecule has 4 heteroatoms. The Morgan fingerprint density at radius 2 is 2.04 bits per heavy atom. The van der Waals surface area contributed by atoms with Gasteiger partial charge in [-0.1, -0.05) is 35.9 Å². The molecule has 0 aliphatic carbocycles. The summed E-state index contributed by atoms with van der Waals surface area (Å²) in [6.07, 6.45) is 4.28. The maximum Gasteiger partial charge on any atom is 0.292 e. The average molecular weight is 324 g/mol. The second-order valence-corrected chi connectivity index (χ2v) is 6.07. The Kier molecular flexibility index (Phi) is 6.13. The number of nitrogens with one attached hydrogen (secondary N) is 1. The molecule has 0 fully saturated rings. The van der Waals surface area contributed by atoms with E-state index in [9.17, 15) is 10.1 Å². The van der Waals surface area contributed by atoms with Crippen LogP contribution in [0.15, 0.2) is 49.1 Å². The Labute approximate surface area is 143 Å². The highest BCUT2D eigenvalue weighted by Crippen LogP contribution is 2.28. The minimum Gasteiger partial charge on any atom is -0.379 e. The predicted octanol–water partition coefficient (Wildman–Crippen LogP) is 4.98. The molecule has 2 aromatic carbocycles. The van der Waals surface area contributed by atoms with E-state index < -0.39 is 0 Å². The van der Waals surface area contributed by atoms with E-state index in [1.807, 2.05) is 13.0 Å². The zero-order valence-corrected chi connectivity index (χ0v) is 14.3. The fourth-order valence-corrected chi connectivity index (χ4v) is 2.79. The van der Waals surface area contributed by atoms with Gasteiger partial charge in [0, 0.05) is 12.6 Å². The topological polar surface area (TPSA) is 55.2 Å². The molecule has 0 saturated heterocycles. The lowest BCUT2D eigenvalue weighted by Gasteiger charge is -2.11. The average Bonchev–Trinajstić information content (AvgIpc) is 2.53. The molecule has 0 bridgehead atoms. The molecule has 0 spiro atoms. The first-order chi connectivity index (χ1) is 11.5. The van der Waals surface area contributed by atoms with Gasteiger partial charge in [0.05, 0.1) is 4.92 Å². The molecule has 0 unspecified atom stereocenters. The highest BCUT2D eigenvalue weighted by Gasteiger charge is 2.16. The van der Waals surface area contributed by atoms with E-state index in [0.717, 1.165) is 24.0 Å². The molecule has 0 radical (unpaired) electrons. The number of nitrogens with zero attached hydrogens (tertiary/aromatic N) is 1. The van der Waals surface area contributed by atoms with E-state index >= 15 is 0 Å². The van der Waals surface area contributed by atoms with Gasteiger partial charge in [-0.25, -0.2) is 0 Å². The van der Waals surface area contributed by atoms with Crippen molar-refractivity contribution in [2.45, 2.75) is 33.1 Å². The molecule has 0 aliphatic rings. The van der Waals surface area contributed by atoms with Crippen LogP contribution in [0.1, 0.15) is 28.7 Å². The van der Waals surface area contributed by atoms with Crippen LogP contribution in [0, 0.1) is 24.0 Å². The van der Waals surface area contributed by atoms with E-state index in [2.05, 4.69) is 43.1 Å². The number of nitro groups is 1. The fourth-order valence-electron chi connectivity index (χ4n) is 2.79. The molecular weight excluding hydrogens is 300 g/mol. The molecule has 4 nitrogen and oxygen atoms in total. The smallest absolute Gasteiger partial charge is 0.292 e. The number of hydrogen-bond donors (Lipinski definition) is 1. The molecule has 0 aromatic heterocycles. The van der Waals surface area contributed by atoms with E-state index in [1.54, 1.807) is 12.1 Å². The summed E-state index contributed by atoms with van der Waals surface area (Å²) in [6.45, 7) is 8.46. The third kappa shape index (κ3) is 4.69. The molecule has 0 saturated carbocycles. The summed E-state index contributed by atoms with van der Waals surface area (Å²) in [5.41, 5.74) is 5.26. The normalized spacial score (nSPS) is 10.4. The summed E-state index contributed by atoms with van der Waals surface area (Å²) >= 11 is 0. The van der Waals surface area contributed by atoms with Crippen molar-refractivity contribution in [1.29, 1.82) is 0 Å². The number of benzene rings is 2. The van der Waals surface area contributed by atoms with Crippen molar-refractivity contribution in [3.8, 4) is 0 Å². The first kappa shape index (κ1) is 17.7. The van der Waals surface area contributed by atoms with Gasteiger partial charge in [0.25, 0.3) is 5.69 Å². The van der Waals surface area contributed by atoms with Crippen LogP contribution in [0.25, 0.3) is 0 Å². The fraction of sp³-hybridized carbons (Fsp3) is 0.300. The number of aryl methyl sites for hydroxylation is 3. The summed E-state index contributed by atoms with van der Waals surface area (Å²) in [7, 11) is 0. The standard InChI is InChI=1S/C20H24N2O2/c1-4-7-18-14-20(22(23)24)19(13-16(18)3)21-11-6-10-17-9-5-8-15(2)12-17/h4-5,8-9,12-14,21H,1,6-7,10-11H2,2-3H3. The Morgan fingerprint density at radius 3 is 2.71 bits per heavy atom. The molecule has 2 rings (SSSR count). The number of hydrogen-bond acceptors (Lipinski definition) is 3. The maximum atomic E-state index is 11.3. The second-order valence-electron chi connectivity index (χ2n) is 6.07. The van der Waals surface area contributed by atoms with Crippen LogP contribution in [0.3, 0.4) is 0 Å². The lowest BCUT2D eigenvalue weighted by atomic mass is 10.0. The first-order valence-corrected chi connectivity index (χ1v) is 8.19. The van der Waals surface area contributed by atoms with Gasteiger partial charge in [-0.05, 0) is 55.9 Å². The zero-order valence-electron chi connectivity index (χ0n) is 14.3.